The maximum Gasteiger partial charge on any atom is 0.431 e. The number of alkyl halides is 3. The topological polar surface area (TPSA) is 34.0 Å². The van der Waals surface area contributed by atoms with Crippen LogP contribution in [0.2, 0.25) is 0 Å². The van der Waals surface area contributed by atoms with E-state index in [4.69, 9.17) is 0 Å². The van der Waals surface area contributed by atoms with Crippen LogP contribution < -0.4 is 10.9 Å². The third kappa shape index (κ3) is 4.70. The lowest BCUT2D eigenvalue weighted by Crippen LogP contribution is -2.29. The lowest BCUT2D eigenvalue weighted by atomic mass is 10.2. The fourth-order valence-corrected chi connectivity index (χ4v) is 2.00. The number of nitrogens with one attached hydrogen (secondary N) is 1. The molecule has 6 heteroatoms. The molecule has 1 aromatic rings. The average Bonchev–Trinajstić information content (AvgIpc) is 2.30. The highest BCUT2D eigenvalue weighted by molar-refractivity contribution is 5.10. The van der Waals surface area contributed by atoms with Crippen molar-refractivity contribution in [1.82, 2.24) is 9.88 Å². The van der Waals surface area contributed by atoms with E-state index in [1.54, 1.807) is 0 Å². The summed E-state index contributed by atoms with van der Waals surface area (Å²) in [7, 11) is 0. The minimum atomic E-state index is -4.49. The van der Waals surface area contributed by atoms with E-state index in [1.807, 2.05) is 13.8 Å². The molecule has 0 aromatic carbocycles. The predicted octanol–water partition coefficient (Wildman–Crippen LogP) is 2.65. The fraction of sp³-hybridized carbons (Fsp3) is 0.615. The molecule has 0 spiro atoms. The third-order valence-corrected chi connectivity index (χ3v) is 2.91. The van der Waals surface area contributed by atoms with Gasteiger partial charge in [0.25, 0.3) is 5.56 Å². The molecule has 0 amide bonds. The second kappa shape index (κ2) is 6.75. The zero-order valence-corrected chi connectivity index (χ0v) is 11.1. The summed E-state index contributed by atoms with van der Waals surface area (Å²) < 4.78 is 39.1. The Morgan fingerprint density at radius 3 is 2.63 bits per heavy atom. The van der Waals surface area contributed by atoms with Gasteiger partial charge in [0.1, 0.15) is 5.69 Å². The smallest absolute Gasteiger partial charge is 0.315 e. The van der Waals surface area contributed by atoms with Gasteiger partial charge in [-0.05, 0) is 32.4 Å². The second-order valence-electron chi connectivity index (χ2n) is 4.50. The molecule has 1 unspecified atom stereocenters. The van der Waals surface area contributed by atoms with Gasteiger partial charge in [0.2, 0.25) is 0 Å². The molecule has 0 aliphatic carbocycles. The van der Waals surface area contributed by atoms with E-state index < -0.39 is 17.4 Å². The zero-order valence-electron chi connectivity index (χ0n) is 11.1. The Bertz CT molecular complexity index is 454. The Kier molecular flexibility index (Phi) is 5.60. The Morgan fingerprint density at radius 1 is 1.37 bits per heavy atom. The van der Waals surface area contributed by atoms with Crippen molar-refractivity contribution in [1.29, 1.82) is 0 Å². The van der Waals surface area contributed by atoms with Crippen LogP contribution in [-0.4, -0.2) is 17.2 Å². The summed E-state index contributed by atoms with van der Waals surface area (Å²) in [5, 5.41) is 3.18. The van der Waals surface area contributed by atoms with Crippen LogP contribution >= 0.6 is 0 Å². The van der Waals surface area contributed by atoms with Gasteiger partial charge in [-0.25, -0.2) is 0 Å². The Hall–Kier alpha value is -1.30. The Labute approximate surface area is 110 Å². The van der Waals surface area contributed by atoms with E-state index in [0.717, 1.165) is 35.7 Å². The van der Waals surface area contributed by atoms with E-state index >= 15 is 0 Å². The molecule has 1 aromatic heterocycles. The summed E-state index contributed by atoms with van der Waals surface area (Å²) in [6, 6.07) is 3.47. The standard InChI is InChI=1S/C13H19F3N2O/c1-3-17-10(2)6-5-9-18-11(13(14,15)16)7-4-8-12(18)19/h4,7-8,10,17H,3,5-6,9H2,1-2H3. The van der Waals surface area contributed by atoms with Gasteiger partial charge in [0.05, 0.1) is 0 Å². The number of hydrogen-bond donors (Lipinski definition) is 1. The molecule has 1 N–H and O–H groups in total. The molecule has 1 heterocycles. The van der Waals surface area contributed by atoms with Crippen LogP contribution in [0.15, 0.2) is 23.0 Å². The van der Waals surface area contributed by atoms with Crippen molar-refractivity contribution in [2.24, 2.45) is 0 Å². The van der Waals surface area contributed by atoms with Crippen LogP contribution in [0.3, 0.4) is 0 Å². The van der Waals surface area contributed by atoms with E-state index in [1.165, 1.54) is 0 Å². The first kappa shape index (κ1) is 15.8. The lowest BCUT2D eigenvalue weighted by Gasteiger charge is -2.16. The van der Waals surface area contributed by atoms with Gasteiger partial charge in [-0.2, -0.15) is 13.2 Å². The first-order chi connectivity index (χ1) is 8.86. The van der Waals surface area contributed by atoms with Gasteiger partial charge >= 0.3 is 6.18 Å². The summed E-state index contributed by atoms with van der Waals surface area (Å²) in [6.07, 6.45) is -3.23. The van der Waals surface area contributed by atoms with Crippen molar-refractivity contribution in [2.75, 3.05) is 6.54 Å². The predicted molar refractivity (Wildman–Crippen MR) is 68.1 cm³/mol. The largest absolute Gasteiger partial charge is 0.431 e. The number of pyridine rings is 1. The molecular weight excluding hydrogens is 257 g/mol. The summed E-state index contributed by atoms with van der Waals surface area (Å²) in [5.74, 6) is 0. The van der Waals surface area contributed by atoms with Crippen molar-refractivity contribution in [3.05, 3.63) is 34.2 Å². The zero-order chi connectivity index (χ0) is 14.5. The average molecular weight is 276 g/mol. The second-order valence-corrected chi connectivity index (χ2v) is 4.50. The molecule has 0 radical (unpaired) electrons. The van der Waals surface area contributed by atoms with Gasteiger partial charge < -0.3 is 9.88 Å². The van der Waals surface area contributed by atoms with Crippen molar-refractivity contribution >= 4 is 0 Å². The number of nitrogens with zero attached hydrogens (tertiary/aromatic N) is 1. The number of halogens is 3. The molecule has 0 bridgehead atoms. The highest BCUT2D eigenvalue weighted by atomic mass is 19.4. The molecule has 19 heavy (non-hydrogen) atoms. The minimum absolute atomic E-state index is 0.0876. The molecule has 0 saturated heterocycles. The van der Waals surface area contributed by atoms with E-state index in [-0.39, 0.29) is 12.6 Å². The first-order valence-corrected chi connectivity index (χ1v) is 6.36. The molecule has 0 aliphatic rings. The number of rotatable bonds is 6. The molecule has 1 rings (SSSR count). The van der Waals surface area contributed by atoms with Gasteiger partial charge in [-0.15, -0.1) is 0 Å². The van der Waals surface area contributed by atoms with Gasteiger partial charge in [0.15, 0.2) is 0 Å². The molecule has 0 saturated carbocycles. The maximum absolute atomic E-state index is 12.8. The van der Waals surface area contributed by atoms with E-state index in [2.05, 4.69) is 5.32 Å². The lowest BCUT2D eigenvalue weighted by molar-refractivity contribution is -0.144. The van der Waals surface area contributed by atoms with E-state index in [9.17, 15) is 18.0 Å². The van der Waals surface area contributed by atoms with Crippen molar-refractivity contribution in [3.8, 4) is 0 Å². The number of aromatic nitrogens is 1. The third-order valence-electron chi connectivity index (χ3n) is 2.91. The Morgan fingerprint density at radius 2 is 2.05 bits per heavy atom. The van der Waals surface area contributed by atoms with Crippen LogP contribution in [-0.2, 0) is 12.7 Å². The van der Waals surface area contributed by atoms with Crippen LogP contribution in [0.1, 0.15) is 32.4 Å². The SMILES string of the molecule is CCNC(C)CCCn1c(C(F)(F)F)cccc1=O. The minimum Gasteiger partial charge on any atom is -0.315 e. The van der Waals surface area contributed by atoms with Crippen LogP contribution in [0.4, 0.5) is 13.2 Å². The molecule has 1 atom stereocenters. The highest BCUT2D eigenvalue weighted by Gasteiger charge is 2.33. The monoisotopic (exact) mass is 276 g/mol. The van der Waals surface area contributed by atoms with Crippen molar-refractivity contribution in [2.45, 2.75) is 45.5 Å². The molecule has 0 fully saturated rings. The molecule has 108 valence electrons. The van der Waals surface area contributed by atoms with Crippen LogP contribution in [0.5, 0.6) is 0 Å². The Balaban J connectivity index is 2.75. The van der Waals surface area contributed by atoms with Gasteiger partial charge in [-0.1, -0.05) is 13.0 Å². The maximum atomic E-state index is 12.8. The quantitative estimate of drug-likeness (QED) is 0.866. The van der Waals surface area contributed by atoms with E-state index in [0.29, 0.717) is 6.42 Å². The molecule has 3 nitrogen and oxygen atoms in total. The normalized spacial score (nSPS) is 13.5. The summed E-state index contributed by atoms with van der Waals surface area (Å²) in [5.41, 5.74) is -1.48. The highest BCUT2D eigenvalue weighted by Crippen LogP contribution is 2.28. The number of hydrogen-bond acceptors (Lipinski definition) is 2. The summed E-state index contributed by atoms with van der Waals surface area (Å²) >= 11 is 0. The molecule has 0 aliphatic heterocycles. The van der Waals surface area contributed by atoms with Crippen LogP contribution in [0, 0.1) is 0 Å². The fourth-order valence-electron chi connectivity index (χ4n) is 2.00. The summed E-state index contributed by atoms with van der Waals surface area (Å²) in [6.45, 7) is 4.85. The summed E-state index contributed by atoms with van der Waals surface area (Å²) in [4.78, 5) is 11.5. The van der Waals surface area contributed by atoms with Gasteiger partial charge in [-0.3, -0.25) is 4.79 Å². The van der Waals surface area contributed by atoms with Crippen molar-refractivity contribution in [3.63, 3.8) is 0 Å². The van der Waals surface area contributed by atoms with Crippen molar-refractivity contribution < 1.29 is 13.2 Å². The first-order valence-electron chi connectivity index (χ1n) is 6.36. The van der Waals surface area contributed by atoms with Gasteiger partial charge in [0, 0.05) is 18.7 Å². The van der Waals surface area contributed by atoms with Crippen LogP contribution in [0.25, 0.3) is 0 Å². The molecular formula is C13H19F3N2O.